The predicted molar refractivity (Wildman–Crippen MR) is 171 cm³/mol. The molecule has 0 bridgehead atoms. The molecule has 5 aromatic rings. The minimum atomic E-state index is -4.34. The van der Waals surface area contributed by atoms with Crippen LogP contribution >= 0.6 is 12.4 Å². The first-order valence-electron chi connectivity index (χ1n) is 14.0. The number of rotatable bonds is 8. The first-order chi connectivity index (χ1) is 21.8. The molecular weight excluding hydrogens is 643 g/mol. The monoisotopic (exact) mass is 673 g/mol. The average Bonchev–Trinajstić information content (AvgIpc) is 3.02. The maximum Gasteiger partial charge on any atom is 0.416 e. The second kappa shape index (κ2) is 15.9. The SMILES string of the molecule is CC(Cc1cccc(C(F)(F)F)c1)NCCOC(=O)c1ccccc1.Cl.O=c1c(O)c(-c2ccc(O)c(O)c2)oc2cc(O)ccc12. The lowest BCUT2D eigenvalue weighted by Crippen LogP contribution is -2.31. The van der Waals surface area contributed by atoms with Crippen LogP contribution in [0.1, 0.15) is 28.4 Å². The Hall–Kier alpha value is -5.20. The van der Waals surface area contributed by atoms with Gasteiger partial charge in [-0.15, -0.1) is 12.4 Å². The fourth-order valence-electron chi connectivity index (χ4n) is 4.44. The van der Waals surface area contributed by atoms with Crippen LogP contribution in [0.4, 0.5) is 13.2 Å². The molecule has 0 amide bonds. The van der Waals surface area contributed by atoms with Crippen molar-refractivity contribution in [2.45, 2.75) is 25.6 Å². The van der Waals surface area contributed by atoms with E-state index in [1.807, 2.05) is 13.0 Å². The lowest BCUT2D eigenvalue weighted by atomic mass is 10.0. The Kier molecular flexibility index (Phi) is 12.3. The predicted octanol–water partition coefficient (Wildman–Crippen LogP) is 6.79. The van der Waals surface area contributed by atoms with Crippen molar-refractivity contribution >= 4 is 29.3 Å². The lowest BCUT2D eigenvalue weighted by Gasteiger charge is -2.15. The Balaban J connectivity index is 0.000000253. The number of hydrogen-bond donors (Lipinski definition) is 5. The Morgan fingerprint density at radius 1 is 0.894 bits per heavy atom. The number of phenols is 3. The summed E-state index contributed by atoms with van der Waals surface area (Å²) >= 11 is 0. The molecule has 1 heterocycles. The van der Waals surface area contributed by atoms with Gasteiger partial charge < -0.3 is 34.9 Å². The van der Waals surface area contributed by atoms with Gasteiger partial charge in [0.15, 0.2) is 17.3 Å². The fourth-order valence-corrected chi connectivity index (χ4v) is 4.44. The smallest absolute Gasteiger partial charge is 0.416 e. The molecule has 0 radical (unpaired) electrons. The average molecular weight is 674 g/mol. The number of aromatic hydroxyl groups is 4. The molecule has 0 aliphatic heterocycles. The highest BCUT2D eigenvalue weighted by Gasteiger charge is 2.30. The van der Waals surface area contributed by atoms with Crippen molar-refractivity contribution in [1.82, 2.24) is 5.32 Å². The normalized spacial score (nSPS) is 11.6. The molecule has 0 aliphatic carbocycles. The number of benzene rings is 4. The van der Waals surface area contributed by atoms with E-state index >= 15 is 0 Å². The number of halogens is 4. The minimum absolute atomic E-state index is 0. The molecule has 13 heteroatoms. The van der Waals surface area contributed by atoms with Crippen LogP contribution in [0.25, 0.3) is 22.3 Å². The summed E-state index contributed by atoms with van der Waals surface area (Å²) in [6.45, 7) is 2.50. The molecule has 4 aromatic carbocycles. The van der Waals surface area contributed by atoms with Gasteiger partial charge in [-0.25, -0.2) is 4.79 Å². The lowest BCUT2D eigenvalue weighted by molar-refractivity contribution is -0.137. The van der Waals surface area contributed by atoms with Crippen LogP contribution in [0.15, 0.2) is 100 Å². The van der Waals surface area contributed by atoms with Crippen LogP contribution < -0.4 is 10.7 Å². The van der Waals surface area contributed by atoms with E-state index in [2.05, 4.69) is 5.32 Å². The van der Waals surface area contributed by atoms with Gasteiger partial charge in [-0.1, -0.05) is 36.4 Å². The Morgan fingerprint density at radius 2 is 1.62 bits per heavy atom. The van der Waals surface area contributed by atoms with Crippen LogP contribution in [-0.4, -0.2) is 45.6 Å². The minimum Gasteiger partial charge on any atom is -0.508 e. The van der Waals surface area contributed by atoms with Crippen molar-refractivity contribution in [3.05, 3.63) is 118 Å². The number of esters is 1. The zero-order valence-corrected chi connectivity index (χ0v) is 25.6. The van der Waals surface area contributed by atoms with Gasteiger partial charge in [0.25, 0.3) is 0 Å². The Bertz CT molecular complexity index is 1880. The first-order valence-corrected chi connectivity index (χ1v) is 14.0. The molecular formula is C34H31ClF3NO8. The van der Waals surface area contributed by atoms with Crippen LogP contribution in [0.3, 0.4) is 0 Å². The summed E-state index contributed by atoms with van der Waals surface area (Å²) in [6, 6.07) is 21.6. The number of hydrogen-bond acceptors (Lipinski definition) is 9. The van der Waals surface area contributed by atoms with Crippen molar-refractivity contribution < 1.29 is 47.5 Å². The molecule has 1 unspecified atom stereocenters. The van der Waals surface area contributed by atoms with Crippen molar-refractivity contribution in [3.8, 4) is 34.3 Å². The zero-order chi connectivity index (χ0) is 33.4. The molecule has 0 saturated carbocycles. The number of fused-ring (bicyclic) bond motifs is 1. The maximum absolute atomic E-state index is 12.7. The zero-order valence-electron chi connectivity index (χ0n) is 24.8. The topological polar surface area (TPSA) is 149 Å². The van der Waals surface area contributed by atoms with Crippen LogP contribution in [-0.2, 0) is 17.3 Å². The van der Waals surface area contributed by atoms with E-state index in [0.717, 1.165) is 18.2 Å². The molecule has 0 aliphatic rings. The number of nitrogens with one attached hydrogen (secondary N) is 1. The summed E-state index contributed by atoms with van der Waals surface area (Å²) in [5.74, 6) is -2.00. The van der Waals surface area contributed by atoms with Gasteiger partial charge in [-0.3, -0.25) is 4.79 Å². The van der Waals surface area contributed by atoms with Gasteiger partial charge in [0.2, 0.25) is 11.2 Å². The quantitative estimate of drug-likeness (QED) is 0.0682. The van der Waals surface area contributed by atoms with Crippen LogP contribution in [0.5, 0.6) is 23.0 Å². The molecule has 1 aromatic heterocycles. The molecule has 0 spiro atoms. The van der Waals surface area contributed by atoms with Gasteiger partial charge >= 0.3 is 12.1 Å². The third kappa shape index (κ3) is 9.65. The van der Waals surface area contributed by atoms with Gasteiger partial charge in [0.1, 0.15) is 17.9 Å². The van der Waals surface area contributed by atoms with Crippen LogP contribution in [0, 0.1) is 0 Å². The van der Waals surface area contributed by atoms with Crippen molar-refractivity contribution in [2.75, 3.05) is 13.2 Å². The Morgan fingerprint density at radius 3 is 2.30 bits per heavy atom. The maximum atomic E-state index is 12.7. The second-order valence-corrected chi connectivity index (χ2v) is 10.3. The highest BCUT2D eigenvalue weighted by Crippen LogP contribution is 2.35. The van der Waals surface area contributed by atoms with E-state index < -0.39 is 34.6 Å². The number of alkyl halides is 3. The van der Waals surface area contributed by atoms with Gasteiger partial charge in [-0.2, -0.15) is 13.2 Å². The summed E-state index contributed by atoms with van der Waals surface area (Å²) in [5.41, 5.74) is 0.105. The molecule has 248 valence electrons. The highest BCUT2D eigenvalue weighted by molar-refractivity contribution is 5.89. The van der Waals surface area contributed by atoms with Crippen molar-refractivity contribution in [2.24, 2.45) is 0 Å². The Labute approximate surface area is 272 Å². The third-order valence-corrected chi connectivity index (χ3v) is 6.72. The number of carbonyl (C=O) groups is 1. The van der Waals surface area contributed by atoms with E-state index in [0.29, 0.717) is 24.1 Å². The van der Waals surface area contributed by atoms with Gasteiger partial charge in [-0.05, 0) is 67.4 Å². The molecule has 5 rings (SSSR count). The van der Waals surface area contributed by atoms with Gasteiger partial charge in [0.05, 0.1) is 16.5 Å². The molecule has 47 heavy (non-hydrogen) atoms. The summed E-state index contributed by atoms with van der Waals surface area (Å²) in [6.07, 6.45) is -3.88. The van der Waals surface area contributed by atoms with Crippen molar-refractivity contribution in [3.63, 3.8) is 0 Å². The largest absolute Gasteiger partial charge is 0.508 e. The standard InChI is InChI=1S/C19H20F3NO2.C15H10O6.ClH/c1-14(12-15-6-5-9-17(13-15)19(20,21)22)23-10-11-25-18(24)16-7-3-2-4-8-16;16-8-2-3-9-12(6-8)21-15(14(20)13(9)19)7-1-4-10(17)11(18)5-7;/h2-9,13-14,23H,10-12H2,1H3;1-6,16-18,20H;1H. The van der Waals surface area contributed by atoms with E-state index in [1.54, 1.807) is 30.3 Å². The number of ether oxygens (including phenoxy) is 1. The second-order valence-electron chi connectivity index (χ2n) is 10.3. The first kappa shape index (κ1) is 36.3. The molecule has 9 nitrogen and oxygen atoms in total. The number of phenolic OH excluding ortho intramolecular Hbond substituents is 3. The molecule has 0 fully saturated rings. The third-order valence-electron chi connectivity index (χ3n) is 6.72. The van der Waals surface area contributed by atoms with E-state index in [4.69, 9.17) is 9.15 Å². The van der Waals surface area contributed by atoms with E-state index in [1.165, 1.54) is 36.4 Å². The van der Waals surface area contributed by atoms with Crippen molar-refractivity contribution in [1.29, 1.82) is 0 Å². The summed E-state index contributed by atoms with van der Waals surface area (Å²) < 4.78 is 48.7. The van der Waals surface area contributed by atoms with E-state index in [-0.39, 0.29) is 58.8 Å². The number of carbonyl (C=O) groups excluding carboxylic acids is 1. The molecule has 5 N–H and O–H groups in total. The summed E-state index contributed by atoms with van der Waals surface area (Å²) in [4.78, 5) is 23.8. The summed E-state index contributed by atoms with van der Waals surface area (Å²) in [5, 5.41) is 41.4. The molecule has 0 saturated heterocycles. The summed E-state index contributed by atoms with van der Waals surface area (Å²) in [7, 11) is 0. The molecule has 1 atom stereocenters. The van der Waals surface area contributed by atoms with Crippen LogP contribution in [0.2, 0.25) is 0 Å². The fraction of sp³-hybridized carbons (Fsp3) is 0.176. The van der Waals surface area contributed by atoms with Gasteiger partial charge in [0, 0.05) is 24.2 Å². The highest BCUT2D eigenvalue weighted by atomic mass is 35.5. The van der Waals surface area contributed by atoms with E-state index in [9.17, 15) is 43.2 Å².